The Bertz CT molecular complexity index is 1440. The molecular weight excluding hydrogens is 538 g/mol. The molecule has 3 fully saturated rings. The van der Waals surface area contributed by atoms with Gasteiger partial charge in [-0.15, -0.1) is 11.3 Å². The van der Waals surface area contributed by atoms with Crippen LogP contribution in [0, 0.1) is 37.5 Å². The molecule has 1 saturated carbocycles. The topological polar surface area (TPSA) is 103 Å². The van der Waals surface area contributed by atoms with Crippen molar-refractivity contribution >= 4 is 28.3 Å². The molecule has 0 radical (unpaired) electrons. The largest absolute Gasteiger partial charge is 0.488 e. The number of hydrogen-bond donors (Lipinski definition) is 2. The zero-order valence-electron chi connectivity index (χ0n) is 23.6. The predicted molar refractivity (Wildman–Crippen MR) is 158 cm³/mol. The van der Waals surface area contributed by atoms with E-state index in [-0.39, 0.29) is 36.2 Å². The van der Waals surface area contributed by atoms with Gasteiger partial charge in [-0.3, -0.25) is 9.59 Å². The molecule has 2 aromatic carbocycles. The Labute approximate surface area is 244 Å². The molecule has 1 amide bonds. The highest BCUT2D eigenvalue weighted by Gasteiger charge is 2.46. The number of piperidine rings is 1. The van der Waals surface area contributed by atoms with E-state index in [9.17, 15) is 19.8 Å². The van der Waals surface area contributed by atoms with Gasteiger partial charge in [-0.1, -0.05) is 17.7 Å². The molecule has 2 saturated heterocycles. The highest BCUT2D eigenvalue weighted by atomic mass is 32.1. The third-order valence-electron chi connectivity index (χ3n) is 9.10. The van der Waals surface area contributed by atoms with Crippen LogP contribution in [0.15, 0.2) is 41.8 Å². The summed E-state index contributed by atoms with van der Waals surface area (Å²) in [6, 6.07) is 11.9. The zero-order valence-corrected chi connectivity index (χ0v) is 24.4. The number of aliphatic carboxylic acids is 1. The smallest absolute Gasteiger partial charge is 0.307 e. The normalized spacial score (nSPS) is 23.7. The van der Waals surface area contributed by atoms with E-state index < -0.39 is 5.97 Å². The number of aliphatic hydroxyl groups is 1. The number of aromatic nitrogens is 1. The Hall–Kier alpha value is -3.43. The molecule has 3 atom stereocenters. The van der Waals surface area contributed by atoms with Gasteiger partial charge < -0.3 is 24.7 Å². The Morgan fingerprint density at radius 2 is 1.83 bits per heavy atom. The maximum absolute atomic E-state index is 13.0. The Balaban J connectivity index is 1.15. The van der Waals surface area contributed by atoms with Crippen molar-refractivity contribution in [1.29, 1.82) is 0 Å². The monoisotopic (exact) mass is 575 g/mol. The number of aryl methyl sites for hydroxylation is 2. The van der Waals surface area contributed by atoms with E-state index in [0.29, 0.717) is 25.3 Å². The van der Waals surface area contributed by atoms with Gasteiger partial charge in [0.2, 0.25) is 0 Å². The number of carbonyl (C=O) groups is 2. The summed E-state index contributed by atoms with van der Waals surface area (Å²) in [5, 5.41) is 22.1. The number of benzene rings is 2. The number of thiazole rings is 1. The summed E-state index contributed by atoms with van der Waals surface area (Å²) in [5.74, 6) is 0.434. The minimum absolute atomic E-state index is 0.0110. The van der Waals surface area contributed by atoms with Crippen LogP contribution < -0.4 is 9.64 Å². The number of hydrogen-bond acceptors (Lipinski definition) is 7. The van der Waals surface area contributed by atoms with Crippen LogP contribution in [0.4, 0.5) is 5.13 Å². The second-order valence-electron chi connectivity index (χ2n) is 11.9. The lowest BCUT2D eigenvalue weighted by atomic mass is 9.85. The van der Waals surface area contributed by atoms with Crippen molar-refractivity contribution in [1.82, 2.24) is 9.88 Å². The number of carbonyl (C=O) groups excluding carboxylic acids is 1. The van der Waals surface area contributed by atoms with Crippen LogP contribution in [0.2, 0.25) is 0 Å². The van der Waals surface area contributed by atoms with Crippen LogP contribution >= 0.6 is 11.3 Å². The van der Waals surface area contributed by atoms with Crippen molar-refractivity contribution in [2.45, 2.75) is 39.7 Å². The number of anilines is 1. The van der Waals surface area contributed by atoms with Crippen molar-refractivity contribution in [3.63, 3.8) is 0 Å². The molecule has 2 aliphatic heterocycles. The average molecular weight is 576 g/mol. The summed E-state index contributed by atoms with van der Waals surface area (Å²) in [7, 11) is 0. The number of rotatable bonds is 8. The number of carboxylic acids is 1. The SMILES string of the molecule is Cc1ccc(OCc2ccc(C(=O)N3CCC(CO)C3)cc2C)c(-c2csc(N3CC4CCC(C3)C4C(=O)O)n2)c1. The minimum Gasteiger partial charge on any atom is -0.488 e. The van der Waals surface area contributed by atoms with Gasteiger partial charge in [0.1, 0.15) is 12.4 Å². The average Bonchev–Trinajstić information content (AvgIpc) is 3.70. The maximum atomic E-state index is 13.0. The molecule has 0 spiro atoms. The van der Waals surface area contributed by atoms with Gasteiger partial charge in [0.25, 0.3) is 5.91 Å². The lowest BCUT2D eigenvalue weighted by Crippen LogP contribution is -2.44. The van der Waals surface area contributed by atoms with Gasteiger partial charge >= 0.3 is 5.97 Å². The van der Waals surface area contributed by atoms with Gasteiger partial charge in [0, 0.05) is 55.2 Å². The van der Waals surface area contributed by atoms with E-state index in [2.05, 4.69) is 23.3 Å². The summed E-state index contributed by atoms with van der Waals surface area (Å²) in [6.07, 6.45) is 2.79. The molecule has 3 aliphatic rings. The quantitative estimate of drug-likeness (QED) is 0.389. The van der Waals surface area contributed by atoms with Crippen molar-refractivity contribution in [2.24, 2.45) is 23.7 Å². The molecule has 1 aromatic heterocycles. The Morgan fingerprint density at radius 1 is 1.05 bits per heavy atom. The minimum atomic E-state index is -0.655. The number of nitrogens with zero attached hydrogens (tertiary/aromatic N) is 3. The number of fused-ring (bicyclic) bond motifs is 2. The van der Waals surface area contributed by atoms with Crippen molar-refractivity contribution < 1.29 is 24.5 Å². The van der Waals surface area contributed by atoms with E-state index >= 15 is 0 Å². The first-order valence-corrected chi connectivity index (χ1v) is 15.4. The lowest BCUT2D eigenvalue weighted by molar-refractivity contribution is -0.144. The second-order valence-corrected chi connectivity index (χ2v) is 12.7. The molecule has 3 heterocycles. The highest BCUT2D eigenvalue weighted by molar-refractivity contribution is 7.14. The summed E-state index contributed by atoms with van der Waals surface area (Å²) in [6.45, 7) is 7.33. The van der Waals surface area contributed by atoms with Gasteiger partial charge in [0.05, 0.1) is 11.6 Å². The number of amides is 1. The van der Waals surface area contributed by atoms with Gasteiger partial charge in [-0.05, 0) is 80.3 Å². The first kappa shape index (κ1) is 27.7. The molecule has 8 nitrogen and oxygen atoms in total. The third-order valence-corrected chi connectivity index (χ3v) is 10.00. The van der Waals surface area contributed by atoms with Crippen LogP contribution in [-0.2, 0) is 11.4 Å². The fourth-order valence-corrected chi connectivity index (χ4v) is 7.63. The highest BCUT2D eigenvalue weighted by Crippen LogP contribution is 2.44. The number of carboxylic acid groups (broad SMARTS) is 1. The van der Waals surface area contributed by atoms with Crippen LogP contribution in [0.25, 0.3) is 11.3 Å². The maximum Gasteiger partial charge on any atom is 0.307 e. The molecule has 1 aliphatic carbocycles. The standard InChI is InChI=1S/C32H37N3O5S/c1-19-3-8-28(40-17-25-7-4-22(12-20(25)2)30(37)34-10-9-21(13-34)16-36)26(11-19)27-18-41-32(33-27)35-14-23-5-6-24(15-35)29(23)31(38)39/h3-4,7-8,11-12,18,21,23-24,29,36H,5-6,9-10,13-17H2,1-2H3,(H,38,39). The molecule has 6 rings (SSSR count). The van der Waals surface area contributed by atoms with E-state index in [4.69, 9.17) is 9.72 Å². The molecule has 2 bridgehead atoms. The molecule has 3 aromatic rings. The predicted octanol–water partition coefficient (Wildman–Crippen LogP) is 5.01. The van der Waals surface area contributed by atoms with Crippen LogP contribution in [-0.4, -0.2) is 64.8 Å². The number of ether oxygens (including phenoxy) is 1. The van der Waals surface area contributed by atoms with Gasteiger partial charge in [0.15, 0.2) is 5.13 Å². The molecule has 41 heavy (non-hydrogen) atoms. The van der Waals surface area contributed by atoms with Crippen molar-refractivity contribution in [3.8, 4) is 17.0 Å². The van der Waals surface area contributed by atoms with E-state index in [1.165, 1.54) is 0 Å². The van der Waals surface area contributed by atoms with Crippen LogP contribution in [0.5, 0.6) is 5.75 Å². The molecule has 9 heteroatoms. The summed E-state index contributed by atoms with van der Waals surface area (Å²) in [5.41, 5.74) is 5.59. The molecule has 216 valence electrons. The first-order chi connectivity index (χ1) is 19.8. The number of aliphatic hydroxyl groups excluding tert-OH is 1. The summed E-state index contributed by atoms with van der Waals surface area (Å²) >= 11 is 1.60. The fourth-order valence-electron chi connectivity index (χ4n) is 6.78. The zero-order chi connectivity index (χ0) is 28.7. The first-order valence-electron chi connectivity index (χ1n) is 14.5. The molecule has 2 N–H and O–H groups in total. The second kappa shape index (κ2) is 11.4. The Morgan fingerprint density at radius 3 is 2.51 bits per heavy atom. The fraction of sp³-hybridized carbons (Fsp3) is 0.469. The Kier molecular flexibility index (Phi) is 7.74. The van der Waals surface area contributed by atoms with Crippen molar-refractivity contribution in [2.75, 3.05) is 37.7 Å². The molecular formula is C32H37N3O5S. The van der Waals surface area contributed by atoms with E-state index in [1.807, 2.05) is 42.2 Å². The third kappa shape index (κ3) is 5.57. The van der Waals surface area contributed by atoms with E-state index in [0.717, 1.165) is 71.2 Å². The van der Waals surface area contributed by atoms with Crippen LogP contribution in [0.3, 0.4) is 0 Å². The summed E-state index contributed by atoms with van der Waals surface area (Å²) < 4.78 is 6.34. The lowest BCUT2D eigenvalue weighted by Gasteiger charge is -2.35. The van der Waals surface area contributed by atoms with Crippen LogP contribution in [0.1, 0.15) is 46.3 Å². The van der Waals surface area contributed by atoms with E-state index in [1.54, 1.807) is 11.3 Å². The summed E-state index contributed by atoms with van der Waals surface area (Å²) in [4.78, 5) is 33.8. The van der Waals surface area contributed by atoms with Gasteiger partial charge in [-0.2, -0.15) is 0 Å². The molecule has 3 unspecified atom stereocenters. The van der Waals surface area contributed by atoms with Crippen molar-refractivity contribution in [3.05, 3.63) is 64.0 Å². The van der Waals surface area contributed by atoms with Gasteiger partial charge in [-0.25, -0.2) is 4.98 Å². The number of likely N-dealkylation sites (tertiary alicyclic amines) is 1.